The molecule has 0 fully saturated rings. The van der Waals surface area contributed by atoms with Gasteiger partial charge in [0.15, 0.2) is 21.9 Å². The van der Waals surface area contributed by atoms with E-state index in [1.54, 1.807) is 24.3 Å². The van der Waals surface area contributed by atoms with Crippen molar-refractivity contribution in [2.75, 3.05) is 13.8 Å². The largest absolute Gasteiger partial charge is 0.454 e. The Hall–Kier alpha value is -2.74. The Morgan fingerprint density at radius 2 is 1.96 bits per heavy atom. The van der Waals surface area contributed by atoms with Gasteiger partial charge in [0.25, 0.3) is 11.8 Å². The Morgan fingerprint density at radius 1 is 1.17 bits per heavy atom. The molecule has 7 nitrogen and oxygen atoms in total. The number of rotatable bonds is 4. The number of amides is 2. The molecule has 1 aliphatic rings. The Morgan fingerprint density at radius 3 is 2.67 bits per heavy atom. The third-order valence-electron chi connectivity index (χ3n) is 3.22. The molecule has 124 valence electrons. The Kier molecular flexibility index (Phi) is 4.57. The quantitative estimate of drug-likeness (QED) is 0.779. The summed E-state index contributed by atoms with van der Waals surface area (Å²) >= 11 is 3.13. The van der Waals surface area contributed by atoms with Crippen LogP contribution in [0.15, 0.2) is 45.1 Å². The smallest absolute Gasteiger partial charge is 0.291 e. The van der Waals surface area contributed by atoms with Crippen LogP contribution in [-0.4, -0.2) is 25.7 Å². The molecule has 2 heterocycles. The number of furan rings is 1. The second-order valence-electron chi connectivity index (χ2n) is 4.81. The number of ether oxygens (including phenoxy) is 2. The summed E-state index contributed by atoms with van der Waals surface area (Å²) in [4.78, 5) is 24.2. The van der Waals surface area contributed by atoms with Crippen molar-refractivity contribution >= 4 is 33.8 Å². The van der Waals surface area contributed by atoms with Crippen LogP contribution in [0.25, 0.3) is 6.08 Å². The van der Waals surface area contributed by atoms with Crippen molar-refractivity contribution in [1.29, 1.82) is 0 Å². The molecule has 0 atom stereocenters. The number of halogens is 1. The molecule has 24 heavy (non-hydrogen) atoms. The zero-order chi connectivity index (χ0) is 17.1. The molecule has 2 N–H and O–H groups in total. The zero-order valence-electron chi connectivity index (χ0n) is 12.6. The van der Waals surface area contributed by atoms with Crippen LogP contribution < -0.4 is 20.1 Å². The minimum Gasteiger partial charge on any atom is -0.454 e. The third kappa shape index (κ3) is 3.43. The van der Waals surface area contributed by atoms with Gasteiger partial charge in [-0.25, -0.2) is 0 Å². The van der Waals surface area contributed by atoms with Gasteiger partial charge in [0.2, 0.25) is 6.79 Å². The molecule has 2 amide bonds. The minimum absolute atomic E-state index is 0.0777. The lowest BCUT2D eigenvalue weighted by Gasteiger charge is -2.08. The van der Waals surface area contributed by atoms with Crippen molar-refractivity contribution in [2.24, 2.45) is 0 Å². The summed E-state index contributed by atoms with van der Waals surface area (Å²) in [5, 5.41) is 5.02. The van der Waals surface area contributed by atoms with Crippen molar-refractivity contribution in [1.82, 2.24) is 10.6 Å². The van der Waals surface area contributed by atoms with Crippen molar-refractivity contribution in [3.05, 3.63) is 52.0 Å². The second kappa shape index (κ2) is 6.79. The van der Waals surface area contributed by atoms with E-state index >= 15 is 0 Å². The maximum Gasteiger partial charge on any atom is 0.291 e. The molecule has 0 saturated carbocycles. The van der Waals surface area contributed by atoms with Crippen LogP contribution >= 0.6 is 15.9 Å². The second-order valence-corrected chi connectivity index (χ2v) is 5.59. The number of benzene rings is 1. The lowest BCUT2D eigenvalue weighted by Crippen LogP contribution is -2.32. The van der Waals surface area contributed by atoms with Gasteiger partial charge >= 0.3 is 0 Å². The normalized spacial score (nSPS) is 12.8. The van der Waals surface area contributed by atoms with Crippen molar-refractivity contribution < 1.29 is 23.5 Å². The van der Waals surface area contributed by atoms with Gasteiger partial charge in [0.05, 0.1) is 0 Å². The van der Waals surface area contributed by atoms with Crippen LogP contribution in [0.3, 0.4) is 0 Å². The van der Waals surface area contributed by atoms with E-state index in [2.05, 4.69) is 26.6 Å². The monoisotopic (exact) mass is 392 g/mol. The molecule has 0 unspecified atom stereocenters. The van der Waals surface area contributed by atoms with E-state index in [9.17, 15) is 9.59 Å². The van der Waals surface area contributed by atoms with E-state index < -0.39 is 11.8 Å². The highest BCUT2D eigenvalue weighted by molar-refractivity contribution is 9.10. The summed E-state index contributed by atoms with van der Waals surface area (Å²) in [6.45, 7) is 0.162. The minimum atomic E-state index is -0.531. The summed E-state index contributed by atoms with van der Waals surface area (Å²) in [6, 6.07) is 8.31. The van der Waals surface area contributed by atoms with Crippen LogP contribution in [0.5, 0.6) is 11.5 Å². The van der Waals surface area contributed by atoms with Crippen molar-refractivity contribution in [2.45, 2.75) is 0 Å². The Balaban J connectivity index is 1.86. The van der Waals surface area contributed by atoms with Gasteiger partial charge in [0, 0.05) is 7.05 Å². The summed E-state index contributed by atoms with van der Waals surface area (Å²) in [6.07, 6.45) is 1.54. The van der Waals surface area contributed by atoms with Crippen LogP contribution in [0.4, 0.5) is 0 Å². The van der Waals surface area contributed by atoms with E-state index in [4.69, 9.17) is 13.9 Å². The lowest BCUT2D eigenvalue weighted by atomic mass is 10.1. The molecule has 1 aliphatic heterocycles. The van der Waals surface area contributed by atoms with Crippen LogP contribution in [0.2, 0.25) is 0 Å². The number of carbonyl (C=O) groups excluding carboxylic acids is 2. The molecular formula is C16H13BrN2O5. The molecule has 0 bridgehead atoms. The van der Waals surface area contributed by atoms with Gasteiger partial charge in [0.1, 0.15) is 5.70 Å². The van der Waals surface area contributed by atoms with E-state index in [0.717, 1.165) is 0 Å². The fraction of sp³-hybridized carbons (Fsp3) is 0.125. The van der Waals surface area contributed by atoms with Crippen LogP contribution in [0.1, 0.15) is 16.1 Å². The molecule has 0 saturated heterocycles. The molecule has 1 aromatic carbocycles. The average molecular weight is 393 g/mol. The maximum absolute atomic E-state index is 12.2. The Bertz CT molecular complexity index is 828. The first-order valence-corrected chi connectivity index (χ1v) is 7.76. The molecule has 2 aromatic rings. The third-order valence-corrected chi connectivity index (χ3v) is 3.65. The molecule has 0 spiro atoms. The molecule has 0 aliphatic carbocycles. The zero-order valence-corrected chi connectivity index (χ0v) is 14.2. The number of likely N-dealkylation sites (N-methyl/N-ethyl adjacent to an activating group) is 1. The average Bonchev–Trinajstić information content (AvgIpc) is 3.21. The van der Waals surface area contributed by atoms with Crippen LogP contribution in [-0.2, 0) is 4.79 Å². The molecular weight excluding hydrogens is 380 g/mol. The summed E-state index contributed by atoms with van der Waals surface area (Å²) in [5.74, 6) is 0.338. The van der Waals surface area contributed by atoms with Gasteiger partial charge in [-0.3, -0.25) is 9.59 Å². The van der Waals surface area contributed by atoms with Gasteiger partial charge in [-0.2, -0.15) is 0 Å². The predicted octanol–water partition coefficient (Wildman–Crippen LogP) is 2.29. The number of fused-ring (bicyclic) bond motifs is 1. The standard InChI is InChI=1S/C16H13BrN2O5/c1-18-15(20)10(19-16(21)12-4-5-14(17)24-12)6-9-2-3-11-13(7-9)23-8-22-11/h2-7H,8H2,1H3,(H,18,20)(H,19,21)/b10-6+. The molecule has 3 rings (SSSR count). The van der Waals surface area contributed by atoms with Gasteiger partial charge in [-0.1, -0.05) is 6.07 Å². The molecule has 8 heteroatoms. The molecule has 1 aromatic heterocycles. The predicted molar refractivity (Wildman–Crippen MR) is 88.5 cm³/mol. The highest BCUT2D eigenvalue weighted by Gasteiger charge is 2.17. The van der Waals surface area contributed by atoms with Crippen molar-refractivity contribution in [3.63, 3.8) is 0 Å². The highest BCUT2D eigenvalue weighted by Crippen LogP contribution is 2.33. The number of nitrogens with one attached hydrogen (secondary N) is 2. The fourth-order valence-electron chi connectivity index (χ4n) is 2.08. The van der Waals surface area contributed by atoms with E-state index in [1.165, 1.54) is 19.2 Å². The Labute approximate surface area is 145 Å². The SMILES string of the molecule is CNC(=O)/C(=C\c1ccc2c(c1)OCO2)NC(=O)c1ccc(Br)o1. The summed E-state index contributed by atoms with van der Waals surface area (Å²) in [7, 11) is 1.48. The summed E-state index contributed by atoms with van der Waals surface area (Å²) in [5.41, 5.74) is 0.757. The maximum atomic E-state index is 12.2. The molecule has 0 radical (unpaired) electrons. The fourth-order valence-corrected chi connectivity index (χ4v) is 2.39. The van der Waals surface area contributed by atoms with Gasteiger partial charge < -0.3 is 24.5 Å². The number of hydrogen-bond acceptors (Lipinski definition) is 5. The lowest BCUT2D eigenvalue weighted by molar-refractivity contribution is -0.117. The number of carbonyl (C=O) groups is 2. The first kappa shape index (κ1) is 16.1. The number of hydrogen-bond donors (Lipinski definition) is 2. The van der Waals surface area contributed by atoms with Crippen LogP contribution in [0, 0.1) is 0 Å². The van der Waals surface area contributed by atoms with E-state index in [0.29, 0.717) is 21.7 Å². The summed E-state index contributed by atoms with van der Waals surface area (Å²) < 4.78 is 16.1. The topological polar surface area (TPSA) is 89.8 Å². The van der Waals surface area contributed by atoms with Crippen molar-refractivity contribution in [3.8, 4) is 11.5 Å². The van der Waals surface area contributed by atoms with E-state index in [1.807, 2.05) is 0 Å². The first-order valence-electron chi connectivity index (χ1n) is 6.97. The van der Waals surface area contributed by atoms with E-state index in [-0.39, 0.29) is 18.3 Å². The van der Waals surface area contributed by atoms with Gasteiger partial charge in [-0.15, -0.1) is 0 Å². The first-order chi connectivity index (χ1) is 11.6. The van der Waals surface area contributed by atoms with Gasteiger partial charge in [-0.05, 0) is 51.8 Å². The highest BCUT2D eigenvalue weighted by atomic mass is 79.9.